The lowest BCUT2D eigenvalue weighted by Crippen LogP contribution is -2.11. The number of nitrogens with zero attached hydrogens (tertiary/aromatic N) is 2. The third kappa shape index (κ3) is 2.36. The quantitative estimate of drug-likeness (QED) is 0.682. The highest BCUT2D eigenvalue weighted by Gasteiger charge is 2.05. The maximum Gasteiger partial charge on any atom is 0.248 e. The van der Waals surface area contributed by atoms with Crippen LogP contribution in [-0.4, -0.2) is 15.7 Å². The molecule has 2 rings (SSSR count). The molecule has 6 heteroatoms. The van der Waals surface area contributed by atoms with Gasteiger partial charge in [0.1, 0.15) is 0 Å². The minimum absolute atomic E-state index is 0.388. The van der Waals surface area contributed by atoms with Crippen molar-refractivity contribution < 1.29 is 4.79 Å². The molecule has 0 spiro atoms. The number of anilines is 3. The van der Waals surface area contributed by atoms with Crippen LogP contribution in [0.3, 0.4) is 0 Å². The van der Waals surface area contributed by atoms with Gasteiger partial charge in [-0.25, -0.2) is 0 Å². The summed E-state index contributed by atoms with van der Waals surface area (Å²) >= 11 is 0. The number of nitrogens with two attached hydrogens (primary N) is 2. The number of rotatable bonds is 3. The largest absolute Gasteiger partial charge is 0.397 e. The molecule has 2 aromatic rings. The van der Waals surface area contributed by atoms with Crippen molar-refractivity contribution in [1.82, 2.24) is 9.78 Å². The molecular formula is C11H13N5O. The predicted octanol–water partition coefficient (Wildman–Crippen LogP) is 0.845. The van der Waals surface area contributed by atoms with Crippen LogP contribution in [0.1, 0.15) is 10.4 Å². The minimum atomic E-state index is -0.496. The van der Waals surface area contributed by atoms with Gasteiger partial charge in [0.05, 0.1) is 23.3 Å². The summed E-state index contributed by atoms with van der Waals surface area (Å²) in [6.07, 6.45) is 3.50. The van der Waals surface area contributed by atoms with Gasteiger partial charge in [0.2, 0.25) is 5.91 Å². The third-order valence-corrected chi connectivity index (χ3v) is 2.32. The van der Waals surface area contributed by atoms with Gasteiger partial charge in [0.15, 0.2) is 0 Å². The Morgan fingerprint density at radius 1 is 1.47 bits per heavy atom. The number of primary amides is 1. The number of hydrogen-bond acceptors (Lipinski definition) is 4. The number of nitrogens with one attached hydrogen (secondary N) is 1. The molecule has 0 unspecified atom stereocenters. The lowest BCUT2D eigenvalue weighted by molar-refractivity contribution is 0.100. The molecule has 0 saturated heterocycles. The van der Waals surface area contributed by atoms with E-state index in [2.05, 4.69) is 10.4 Å². The maximum atomic E-state index is 11.0. The average Bonchev–Trinajstić information content (AvgIpc) is 2.67. The van der Waals surface area contributed by atoms with Crippen molar-refractivity contribution in [2.24, 2.45) is 12.8 Å². The van der Waals surface area contributed by atoms with Gasteiger partial charge in [-0.1, -0.05) is 0 Å². The smallest absolute Gasteiger partial charge is 0.248 e. The van der Waals surface area contributed by atoms with Crippen LogP contribution in [0.15, 0.2) is 30.6 Å². The second-order valence-corrected chi connectivity index (χ2v) is 3.69. The number of nitrogen functional groups attached to an aromatic ring is 1. The normalized spacial score (nSPS) is 10.2. The molecule has 0 atom stereocenters. The number of hydrogen-bond donors (Lipinski definition) is 3. The fraction of sp³-hybridized carbons (Fsp3) is 0.0909. The van der Waals surface area contributed by atoms with Gasteiger partial charge in [-0.2, -0.15) is 5.10 Å². The van der Waals surface area contributed by atoms with E-state index in [9.17, 15) is 4.79 Å². The van der Waals surface area contributed by atoms with E-state index in [1.54, 1.807) is 29.1 Å². The molecule has 88 valence electrons. The lowest BCUT2D eigenvalue weighted by atomic mass is 10.1. The highest BCUT2D eigenvalue weighted by molar-refractivity contribution is 5.95. The molecule has 0 fully saturated rings. The molecule has 1 heterocycles. The predicted molar refractivity (Wildman–Crippen MR) is 65.9 cm³/mol. The highest BCUT2D eigenvalue weighted by atomic mass is 16.1. The zero-order valence-electron chi connectivity index (χ0n) is 9.34. The molecule has 1 aromatic carbocycles. The van der Waals surface area contributed by atoms with Crippen LogP contribution in [-0.2, 0) is 7.05 Å². The molecule has 0 radical (unpaired) electrons. The van der Waals surface area contributed by atoms with Gasteiger partial charge in [-0.15, -0.1) is 0 Å². The number of carbonyl (C=O) groups excluding carboxylic acids is 1. The summed E-state index contributed by atoms with van der Waals surface area (Å²) in [6, 6.07) is 4.88. The monoisotopic (exact) mass is 231 g/mol. The van der Waals surface area contributed by atoms with Crippen LogP contribution in [0.25, 0.3) is 0 Å². The molecule has 17 heavy (non-hydrogen) atoms. The summed E-state index contributed by atoms with van der Waals surface area (Å²) in [4.78, 5) is 11.0. The number of aryl methyl sites for hydroxylation is 1. The Labute approximate surface area is 98.2 Å². The Balaban J connectivity index is 2.25. The first-order chi connectivity index (χ1) is 8.06. The number of amides is 1. The van der Waals surface area contributed by atoms with Crippen molar-refractivity contribution in [2.45, 2.75) is 0 Å². The molecule has 0 aliphatic rings. The number of aromatic nitrogens is 2. The third-order valence-electron chi connectivity index (χ3n) is 2.32. The van der Waals surface area contributed by atoms with E-state index in [4.69, 9.17) is 11.5 Å². The van der Waals surface area contributed by atoms with Crippen molar-refractivity contribution >= 4 is 23.0 Å². The Bertz CT molecular complexity index is 561. The molecule has 0 saturated carbocycles. The van der Waals surface area contributed by atoms with Gasteiger partial charge < -0.3 is 16.8 Å². The number of benzene rings is 1. The fourth-order valence-corrected chi connectivity index (χ4v) is 1.47. The SMILES string of the molecule is Cn1cc(Nc2ccc(C(N)=O)cc2N)cn1. The minimum Gasteiger partial charge on any atom is -0.397 e. The number of carbonyl (C=O) groups is 1. The molecule has 0 bridgehead atoms. The van der Waals surface area contributed by atoms with E-state index >= 15 is 0 Å². The summed E-state index contributed by atoms with van der Waals surface area (Å²) in [7, 11) is 1.82. The van der Waals surface area contributed by atoms with Crippen molar-refractivity contribution in [3.05, 3.63) is 36.2 Å². The Morgan fingerprint density at radius 3 is 2.76 bits per heavy atom. The summed E-state index contributed by atoms with van der Waals surface area (Å²) in [5.74, 6) is -0.496. The first-order valence-corrected chi connectivity index (χ1v) is 5.01. The summed E-state index contributed by atoms with van der Waals surface area (Å²) < 4.78 is 1.68. The second kappa shape index (κ2) is 4.17. The van der Waals surface area contributed by atoms with E-state index in [1.807, 2.05) is 13.2 Å². The van der Waals surface area contributed by atoms with Gasteiger partial charge in [0, 0.05) is 18.8 Å². The van der Waals surface area contributed by atoms with Crippen LogP contribution in [0, 0.1) is 0 Å². The molecule has 6 nitrogen and oxygen atoms in total. The topological polar surface area (TPSA) is 99.0 Å². The standard InChI is InChI=1S/C11H13N5O/c1-16-6-8(5-14-16)15-10-3-2-7(11(13)17)4-9(10)12/h2-6,15H,12H2,1H3,(H2,13,17). The molecule has 5 N–H and O–H groups in total. The Hall–Kier alpha value is -2.50. The Kier molecular flexibility index (Phi) is 2.70. The molecular weight excluding hydrogens is 218 g/mol. The van der Waals surface area contributed by atoms with Crippen LogP contribution >= 0.6 is 0 Å². The summed E-state index contributed by atoms with van der Waals surface area (Å²) in [5.41, 5.74) is 13.4. The van der Waals surface area contributed by atoms with E-state index in [0.29, 0.717) is 16.9 Å². The molecule has 1 aromatic heterocycles. The first-order valence-electron chi connectivity index (χ1n) is 5.01. The average molecular weight is 231 g/mol. The zero-order valence-corrected chi connectivity index (χ0v) is 9.34. The fourth-order valence-electron chi connectivity index (χ4n) is 1.47. The molecule has 0 aliphatic carbocycles. The van der Waals surface area contributed by atoms with E-state index in [-0.39, 0.29) is 0 Å². The van der Waals surface area contributed by atoms with Gasteiger partial charge >= 0.3 is 0 Å². The van der Waals surface area contributed by atoms with Crippen LogP contribution in [0.5, 0.6) is 0 Å². The first kappa shape index (κ1) is 11.0. The van der Waals surface area contributed by atoms with Crippen molar-refractivity contribution in [1.29, 1.82) is 0 Å². The van der Waals surface area contributed by atoms with Gasteiger partial charge in [0.25, 0.3) is 0 Å². The van der Waals surface area contributed by atoms with Gasteiger partial charge in [-0.05, 0) is 18.2 Å². The Morgan fingerprint density at radius 2 is 2.24 bits per heavy atom. The van der Waals surface area contributed by atoms with E-state index in [0.717, 1.165) is 5.69 Å². The van der Waals surface area contributed by atoms with Crippen molar-refractivity contribution in [3.8, 4) is 0 Å². The highest BCUT2D eigenvalue weighted by Crippen LogP contribution is 2.23. The van der Waals surface area contributed by atoms with Crippen molar-refractivity contribution in [3.63, 3.8) is 0 Å². The summed E-state index contributed by atoms with van der Waals surface area (Å²) in [5, 5.41) is 7.13. The van der Waals surface area contributed by atoms with Crippen molar-refractivity contribution in [2.75, 3.05) is 11.1 Å². The van der Waals surface area contributed by atoms with Crippen LogP contribution in [0.4, 0.5) is 17.1 Å². The van der Waals surface area contributed by atoms with Gasteiger partial charge in [-0.3, -0.25) is 9.48 Å². The zero-order chi connectivity index (χ0) is 12.4. The molecule has 0 aliphatic heterocycles. The van der Waals surface area contributed by atoms with E-state index in [1.165, 1.54) is 0 Å². The summed E-state index contributed by atoms with van der Waals surface area (Å²) in [6.45, 7) is 0. The second-order valence-electron chi connectivity index (χ2n) is 3.69. The van der Waals surface area contributed by atoms with Crippen LogP contribution < -0.4 is 16.8 Å². The molecule has 1 amide bonds. The maximum absolute atomic E-state index is 11.0. The lowest BCUT2D eigenvalue weighted by Gasteiger charge is -2.08. The van der Waals surface area contributed by atoms with Crippen LogP contribution in [0.2, 0.25) is 0 Å². The van der Waals surface area contributed by atoms with E-state index < -0.39 is 5.91 Å².